The molecule has 0 unspecified atom stereocenters. The van der Waals surface area contributed by atoms with Crippen LogP contribution in [0.5, 0.6) is 11.5 Å². The molecule has 0 aliphatic carbocycles. The minimum atomic E-state index is -0.406. The lowest BCUT2D eigenvalue weighted by Gasteiger charge is -2.14. The predicted octanol–water partition coefficient (Wildman–Crippen LogP) is 4.03. The molecular formula is C23H33FIN3O3. The van der Waals surface area contributed by atoms with Crippen LogP contribution in [0.4, 0.5) is 4.39 Å². The van der Waals surface area contributed by atoms with Gasteiger partial charge in [0.05, 0.1) is 26.4 Å². The molecule has 0 bridgehead atoms. The van der Waals surface area contributed by atoms with Crippen LogP contribution >= 0.6 is 24.0 Å². The summed E-state index contributed by atoms with van der Waals surface area (Å²) < 4.78 is 24.8. The summed E-state index contributed by atoms with van der Waals surface area (Å²) in [6.45, 7) is 8.57. The average Bonchev–Trinajstić information content (AvgIpc) is 2.75. The highest BCUT2D eigenvalue weighted by molar-refractivity contribution is 14.0. The van der Waals surface area contributed by atoms with E-state index in [2.05, 4.69) is 15.6 Å². The summed E-state index contributed by atoms with van der Waals surface area (Å²) >= 11 is 0. The number of hydrogen-bond acceptors (Lipinski definition) is 4. The molecule has 0 radical (unpaired) electrons. The van der Waals surface area contributed by atoms with Crippen LogP contribution in [0.3, 0.4) is 0 Å². The number of nitrogens with one attached hydrogen (secondary N) is 2. The number of hydrogen-bond donors (Lipinski definition) is 3. The van der Waals surface area contributed by atoms with Crippen molar-refractivity contribution in [1.82, 2.24) is 10.6 Å². The Balaban J connectivity index is 0.00000480. The first-order chi connectivity index (χ1) is 14.6. The Morgan fingerprint density at radius 2 is 1.68 bits per heavy atom. The number of aliphatic hydroxyl groups is 1. The first kappa shape index (κ1) is 27.0. The minimum absolute atomic E-state index is 0. The molecule has 172 valence electrons. The lowest BCUT2D eigenvalue weighted by Crippen LogP contribution is -2.38. The quantitative estimate of drug-likeness (QED) is 0.226. The zero-order chi connectivity index (χ0) is 21.8. The van der Waals surface area contributed by atoms with Crippen molar-refractivity contribution < 1.29 is 19.0 Å². The third kappa shape index (κ3) is 8.90. The Morgan fingerprint density at radius 3 is 2.35 bits per heavy atom. The van der Waals surface area contributed by atoms with Crippen LogP contribution in [0, 0.1) is 5.82 Å². The van der Waals surface area contributed by atoms with Crippen molar-refractivity contribution in [1.29, 1.82) is 0 Å². The second-order valence-electron chi connectivity index (χ2n) is 6.60. The molecule has 8 heteroatoms. The van der Waals surface area contributed by atoms with E-state index in [0.29, 0.717) is 32.3 Å². The fraction of sp³-hybridized carbons (Fsp3) is 0.435. The topological polar surface area (TPSA) is 75.1 Å². The second kappa shape index (κ2) is 14.9. The van der Waals surface area contributed by atoms with Crippen molar-refractivity contribution in [3.05, 3.63) is 58.9 Å². The van der Waals surface area contributed by atoms with Gasteiger partial charge in [-0.1, -0.05) is 12.1 Å². The Kier molecular flexibility index (Phi) is 12.9. The Hall–Kier alpha value is -2.07. The number of aliphatic imine (C=N–C) groups is 1. The maximum absolute atomic E-state index is 13.5. The predicted molar refractivity (Wildman–Crippen MR) is 133 cm³/mol. The number of nitrogens with zero attached hydrogens (tertiary/aromatic N) is 1. The van der Waals surface area contributed by atoms with Crippen LogP contribution in [0.25, 0.3) is 0 Å². The normalized spacial score (nSPS) is 10.9. The summed E-state index contributed by atoms with van der Waals surface area (Å²) in [5, 5.41) is 15.7. The molecule has 0 saturated carbocycles. The zero-order valence-electron chi connectivity index (χ0n) is 18.4. The van der Waals surface area contributed by atoms with E-state index in [-0.39, 0.29) is 36.1 Å². The van der Waals surface area contributed by atoms with E-state index in [1.165, 1.54) is 6.07 Å². The van der Waals surface area contributed by atoms with Gasteiger partial charge in [-0.05, 0) is 62.6 Å². The van der Waals surface area contributed by atoms with Crippen LogP contribution < -0.4 is 20.1 Å². The van der Waals surface area contributed by atoms with Gasteiger partial charge in [0, 0.05) is 18.7 Å². The van der Waals surface area contributed by atoms with Gasteiger partial charge in [0.25, 0.3) is 0 Å². The third-order valence-corrected chi connectivity index (χ3v) is 4.36. The summed E-state index contributed by atoms with van der Waals surface area (Å²) in [6, 6.07) is 10.7. The summed E-state index contributed by atoms with van der Waals surface area (Å²) in [5.41, 5.74) is 2.25. The minimum Gasteiger partial charge on any atom is -0.490 e. The molecule has 0 atom stereocenters. The van der Waals surface area contributed by atoms with Gasteiger partial charge in [-0.15, -0.1) is 24.0 Å². The van der Waals surface area contributed by atoms with Crippen LogP contribution in [0.2, 0.25) is 0 Å². The molecule has 0 aromatic heterocycles. The summed E-state index contributed by atoms with van der Waals surface area (Å²) in [4.78, 5) is 4.55. The molecule has 0 aliphatic heterocycles. The van der Waals surface area contributed by atoms with E-state index >= 15 is 0 Å². The highest BCUT2D eigenvalue weighted by Gasteiger charge is 2.07. The molecule has 0 aliphatic rings. The molecule has 3 N–H and O–H groups in total. The number of benzene rings is 2. The molecule has 0 heterocycles. The van der Waals surface area contributed by atoms with Gasteiger partial charge in [0.1, 0.15) is 5.82 Å². The van der Waals surface area contributed by atoms with Crippen molar-refractivity contribution >= 4 is 29.9 Å². The highest BCUT2D eigenvalue weighted by atomic mass is 127. The van der Waals surface area contributed by atoms with Gasteiger partial charge in [-0.25, -0.2) is 9.38 Å². The number of aliphatic hydroxyl groups excluding tert-OH is 1. The van der Waals surface area contributed by atoms with Crippen LogP contribution in [-0.4, -0.2) is 37.4 Å². The lowest BCUT2D eigenvalue weighted by atomic mass is 10.1. The van der Waals surface area contributed by atoms with Crippen LogP contribution in [0.15, 0.2) is 41.4 Å². The zero-order valence-corrected chi connectivity index (χ0v) is 20.7. The summed E-state index contributed by atoms with van der Waals surface area (Å²) in [6.07, 6.45) is 0.794. The fourth-order valence-electron chi connectivity index (χ4n) is 2.94. The SMILES string of the molecule is CCNC(=NCc1ccc(F)c(CO)c1)NCCc1ccc(OCC)c(OCC)c1.I. The molecule has 0 fully saturated rings. The van der Waals surface area contributed by atoms with Crippen molar-refractivity contribution in [2.75, 3.05) is 26.3 Å². The van der Waals surface area contributed by atoms with Gasteiger partial charge in [0.2, 0.25) is 0 Å². The third-order valence-electron chi connectivity index (χ3n) is 4.36. The van der Waals surface area contributed by atoms with Crippen molar-refractivity contribution in [3.8, 4) is 11.5 Å². The average molecular weight is 545 g/mol. The van der Waals surface area contributed by atoms with Gasteiger partial charge in [-0.3, -0.25) is 0 Å². The first-order valence-electron chi connectivity index (χ1n) is 10.4. The Bertz CT molecular complexity index is 834. The number of rotatable bonds is 11. The van der Waals surface area contributed by atoms with Crippen molar-refractivity contribution in [2.45, 2.75) is 40.3 Å². The molecular weight excluding hydrogens is 512 g/mol. The maximum atomic E-state index is 13.5. The molecule has 31 heavy (non-hydrogen) atoms. The monoisotopic (exact) mass is 545 g/mol. The van der Waals surface area contributed by atoms with E-state index in [0.717, 1.165) is 35.6 Å². The van der Waals surface area contributed by atoms with E-state index in [1.807, 2.05) is 39.0 Å². The van der Waals surface area contributed by atoms with E-state index < -0.39 is 5.82 Å². The molecule has 0 spiro atoms. The van der Waals surface area contributed by atoms with E-state index in [1.54, 1.807) is 12.1 Å². The number of guanidine groups is 1. The van der Waals surface area contributed by atoms with Gasteiger partial charge in [0.15, 0.2) is 17.5 Å². The highest BCUT2D eigenvalue weighted by Crippen LogP contribution is 2.28. The second-order valence-corrected chi connectivity index (χ2v) is 6.60. The van der Waals surface area contributed by atoms with Crippen molar-refractivity contribution in [2.24, 2.45) is 4.99 Å². The number of ether oxygens (including phenoxy) is 2. The molecule has 2 aromatic rings. The summed E-state index contributed by atoms with van der Waals surface area (Å²) in [5.74, 6) is 1.79. The van der Waals surface area contributed by atoms with Gasteiger partial charge >= 0.3 is 0 Å². The van der Waals surface area contributed by atoms with Gasteiger partial charge in [-0.2, -0.15) is 0 Å². The molecule has 2 aromatic carbocycles. The van der Waals surface area contributed by atoms with E-state index in [9.17, 15) is 9.50 Å². The maximum Gasteiger partial charge on any atom is 0.191 e. The van der Waals surface area contributed by atoms with Crippen LogP contribution in [-0.2, 0) is 19.6 Å². The molecule has 0 saturated heterocycles. The first-order valence-corrected chi connectivity index (χ1v) is 10.4. The van der Waals surface area contributed by atoms with E-state index in [4.69, 9.17) is 9.47 Å². The summed E-state index contributed by atoms with van der Waals surface area (Å²) in [7, 11) is 0. The largest absolute Gasteiger partial charge is 0.490 e. The fourth-order valence-corrected chi connectivity index (χ4v) is 2.94. The van der Waals surface area contributed by atoms with Gasteiger partial charge < -0.3 is 25.2 Å². The Labute approximate surface area is 201 Å². The smallest absolute Gasteiger partial charge is 0.191 e. The molecule has 0 amide bonds. The van der Waals surface area contributed by atoms with Crippen LogP contribution in [0.1, 0.15) is 37.5 Å². The Morgan fingerprint density at radius 1 is 0.968 bits per heavy atom. The standard InChI is InChI=1S/C23H32FN3O3.HI/c1-4-25-23(27-15-18-7-9-20(24)19(13-18)16-28)26-12-11-17-8-10-21(29-5-2)22(14-17)30-6-3;/h7-10,13-14,28H,4-6,11-12,15-16H2,1-3H3,(H2,25,26,27);1H. The van der Waals surface area contributed by atoms with Crippen molar-refractivity contribution in [3.63, 3.8) is 0 Å². The molecule has 6 nitrogen and oxygen atoms in total. The number of halogens is 2. The molecule has 2 rings (SSSR count). The lowest BCUT2D eigenvalue weighted by molar-refractivity contribution is 0.275.